The number of H-pyrrole nitrogens is 1. The zero-order chi connectivity index (χ0) is 19.3. The third kappa shape index (κ3) is 3.18. The Morgan fingerprint density at radius 3 is 2.52 bits per heavy atom. The predicted molar refractivity (Wildman–Crippen MR) is 101 cm³/mol. The van der Waals surface area contributed by atoms with E-state index in [1.54, 1.807) is 13.0 Å². The molecule has 0 amide bonds. The van der Waals surface area contributed by atoms with Crippen LogP contribution < -0.4 is 0 Å². The monoisotopic (exact) mass is 366 g/mol. The second-order valence-electron chi connectivity index (χ2n) is 7.38. The van der Waals surface area contributed by atoms with Crippen LogP contribution in [0.15, 0.2) is 18.5 Å². The summed E-state index contributed by atoms with van der Waals surface area (Å²) in [4.78, 5) is 16.8. The van der Waals surface area contributed by atoms with Crippen molar-refractivity contribution in [2.75, 3.05) is 0 Å². The number of aryl methyl sites for hydroxylation is 5. The van der Waals surface area contributed by atoms with Gasteiger partial charge in [-0.3, -0.25) is 9.97 Å². The quantitative estimate of drug-likeness (QED) is 0.746. The standard InChI is InChI=1S/C20H23FN6/c1-10-6-11(2)24-18(13(4)23-9-17(10)21)15-7-16(15)19-25-20-14(5)22-8-12(3)27(20)26-19/h6,8-9,15-16,24H,7H2,1-5H3. The largest absolute Gasteiger partial charge is 0.361 e. The number of fused-ring (bicyclic) bond motifs is 1. The Bertz CT molecular complexity index is 1060. The fraction of sp³-hybridized carbons (Fsp3) is 0.400. The van der Waals surface area contributed by atoms with Gasteiger partial charge in [-0.1, -0.05) is 0 Å². The molecule has 4 rings (SSSR count). The van der Waals surface area contributed by atoms with Crippen LogP contribution in [0.25, 0.3) is 5.65 Å². The number of rotatable bonds is 2. The van der Waals surface area contributed by atoms with Crippen molar-refractivity contribution in [2.45, 2.75) is 52.9 Å². The molecule has 1 saturated carbocycles. The summed E-state index contributed by atoms with van der Waals surface area (Å²) in [6.45, 7) is 9.50. The Balaban J connectivity index is 1.76. The van der Waals surface area contributed by atoms with E-state index < -0.39 is 0 Å². The highest BCUT2D eigenvalue weighted by atomic mass is 19.1. The predicted octanol–water partition coefficient (Wildman–Crippen LogP) is 3.92. The number of halogens is 1. The minimum atomic E-state index is -0.315. The fourth-order valence-corrected chi connectivity index (χ4v) is 3.49. The maximum Gasteiger partial charge on any atom is 0.177 e. The molecule has 0 aromatic carbocycles. The second-order valence-corrected chi connectivity index (χ2v) is 7.38. The van der Waals surface area contributed by atoms with Crippen molar-refractivity contribution in [1.82, 2.24) is 29.5 Å². The van der Waals surface area contributed by atoms with E-state index in [2.05, 4.69) is 15.0 Å². The van der Waals surface area contributed by atoms with E-state index >= 15 is 0 Å². The highest BCUT2D eigenvalue weighted by molar-refractivity contribution is 5.44. The number of aromatic nitrogens is 6. The minimum Gasteiger partial charge on any atom is -0.361 e. The Morgan fingerprint density at radius 1 is 1.04 bits per heavy atom. The lowest BCUT2D eigenvalue weighted by atomic mass is 10.2. The first-order chi connectivity index (χ1) is 12.8. The van der Waals surface area contributed by atoms with E-state index in [0.29, 0.717) is 5.56 Å². The normalized spacial score (nSPS) is 18.6. The van der Waals surface area contributed by atoms with Crippen LogP contribution in [0.4, 0.5) is 4.39 Å². The van der Waals surface area contributed by atoms with Gasteiger partial charge in [0.25, 0.3) is 0 Å². The van der Waals surface area contributed by atoms with Crippen molar-refractivity contribution in [3.63, 3.8) is 0 Å². The molecule has 0 saturated heterocycles. The van der Waals surface area contributed by atoms with Crippen molar-refractivity contribution < 1.29 is 4.39 Å². The van der Waals surface area contributed by atoms with Crippen LogP contribution >= 0.6 is 0 Å². The topological polar surface area (TPSA) is 71.8 Å². The van der Waals surface area contributed by atoms with Gasteiger partial charge in [0, 0.05) is 29.4 Å². The summed E-state index contributed by atoms with van der Waals surface area (Å²) in [6.07, 6.45) is 4.05. The van der Waals surface area contributed by atoms with E-state index in [1.807, 2.05) is 38.4 Å². The molecule has 2 unspecified atom stereocenters. The van der Waals surface area contributed by atoms with Crippen LogP contribution in [0.3, 0.4) is 0 Å². The third-order valence-corrected chi connectivity index (χ3v) is 5.12. The molecule has 140 valence electrons. The molecule has 1 N–H and O–H groups in total. The smallest absolute Gasteiger partial charge is 0.177 e. The first-order valence-corrected chi connectivity index (χ1v) is 9.10. The Labute approximate surface area is 157 Å². The molecule has 1 aliphatic carbocycles. The van der Waals surface area contributed by atoms with Crippen LogP contribution in [-0.4, -0.2) is 29.5 Å². The van der Waals surface area contributed by atoms with Gasteiger partial charge in [-0.05, 0) is 52.7 Å². The summed E-state index contributed by atoms with van der Waals surface area (Å²) in [5, 5.41) is 4.70. The molecule has 27 heavy (non-hydrogen) atoms. The van der Waals surface area contributed by atoms with Gasteiger partial charge in [0.1, 0.15) is 5.82 Å². The summed E-state index contributed by atoms with van der Waals surface area (Å²) in [7, 11) is 0. The highest BCUT2D eigenvalue weighted by Gasteiger charge is 2.44. The zero-order valence-corrected chi connectivity index (χ0v) is 16.2. The van der Waals surface area contributed by atoms with Crippen molar-refractivity contribution in [3.8, 4) is 0 Å². The van der Waals surface area contributed by atoms with Gasteiger partial charge in [-0.15, -0.1) is 0 Å². The summed E-state index contributed by atoms with van der Waals surface area (Å²) in [6, 6.07) is 1.80. The van der Waals surface area contributed by atoms with E-state index in [9.17, 15) is 4.39 Å². The van der Waals surface area contributed by atoms with Gasteiger partial charge in [0.05, 0.1) is 23.3 Å². The van der Waals surface area contributed by atoms with E-state index in [4.69, 9.17) is 10.1 Å². The maximum absolute atomic E-state index is 14.0. The first-order valence-electron chi connectivity index (χ1n) is 9.10. The van der Waals surface area contributed by atoms with E-state index in [-0.39, 0.29) is 17.7 Å². The SMILES string of the molecule is Cc1cc(C)c(F)cnc(C)c(C2CC2c2nc3c(C)ncc(C)n3n2)[nH]1. The maximum atomic E-state index is 14.0. The number of nitrogens with zero attached hydrogens (tertiary/aromatic N) is 5. The van der Waals surface area contributed by atoms with Crippen LogP contribution in [0, 0.1) is 40.4 Å². The van der Waals surface area contributed by atoms with Gasteiger partial charge < -0.3 is 4.98 Å². The van der Waals surface area contributed by atoms with Gasteiger partial charge in [0.2, 0.25) is 0 Å². The molecule has 3 aromatic heterocycles. The lowest BCUT2D eigenvalue weighted by Gasteiger charge is -2.02. The Morgan fingerprint density at radius 2 is 1.78 bits per heavy atom. The molecule has 0 aliphatic heterocycles. The van der Waals surface area contributed by atoms with Gasteiger partial charge in [-0.2, -0.15) is 5.10 Å². The number of nitrogens with one attached hydrogen (secondary N) is 1. The van der Waals surface area contributed by atoms with Crippen molar-refractivity contribution in [3.05, 3.63) is 64.1 Å². The summed E-state index contributed by atoms with van der Waals surface area (Å²) in [5.41, 5.74) is 5.89. The van der Waals surface area contributed by atoms with Crippen molar-refractivity contribution in [1.29, 1.82) is 0 Å². The molecule has 1 fully saturated rings. The first kappa shape index (κ1) is 17.6. The average molecular weight is 366 g/mol. The van der Waals surface area contributed by atoms with Crippen LogP contribution in [0.1, 0.15) is 58.1 Å². The zero-order valence-electron chi connectivity index (χ0n) is 16.2. The number of hydrogen-bond acceptors (Lipinski definition) is 4. The molecule has 2 atom stereocenters. The minimum absolute atomic E-state index is 0.226. The van der Waals surface area contributed by atoms with Crippen LogP contribution in [0.5, 0.6) is 0 Å². The molecule has 7 heteroatoms. The van der Waals surface area contributed by atoms with Gasteiger partial charge >= 0.3 is 0 Å². The molecule has 0 bridgehead atoms. The number of hydrogen-bond donors (Lipinski definition) is 1. The summed E-state index contributed by atoms with van der Waals surface area (Å²) >= 11 is 0. The molecule has 1 aliphatic rings. The van der Waals surface area contributed by atoms with E-state index in [0.717, 1.165) is 46.4 Å². The molecular weight excluding hydrogens is 343 g/mol. The van der Waals surface area contributed by atoms with Crippen molar-refractivity contribution in [2.24, 2.45) is 0 Å². The van der Waals surface area contributed by atoms with E-state index in [1.165, 1.54) is 6.20 Å². The molecule has 0 spiro atoms. The fourth-order valence-electron chi connectivity index (χ4n) is 3.49. The second kappa shape index (κ2) is 6.40. The molecular formula is C20H23FN6. The molecule has 6 nitrogen and oxygen atoms in total. The van der Waals surface area contributed by atoms with Crippen LogP contribution in [-0.2, 0) is 0 Å². The lowest BCUT2D eigenvalue weighted by Crippen LogP contribution is -1.98. The van der Waals surface area contributed by atoms with Crippen LogP contribution in [0.2, 0.25) is 0 Å². The van der Waals surface area contributed by atoms with Gasteiger partial charge in [-0.25, -0.2) is 13.9 Å². The molecule has 3 heterocycles. The number of aromatic amines is 1. The third-order valence-electron chi connectivity index (χ3n) is 5.12. The molecule has 0 radical (unpaired) electrons. The Hall–Kier alpha value is -2.83. The van der Waals surface area contributed by atoms with Crippen molar-refractivity contribution >= 4 is 5.65 Å². The van der Waals surface area contributed by atoms with Gasteiger partial charge in [0.15, 0.2) is 11.5 Å². The highest BCUT2D eigenvalue weighted by Crippen LogP contribution is 2.53. The lowest BCUT2D eigenvalue weighted by molar-refractivity contribution is 0.614. The Kier molecular flexibility index (Phi) is 4.17. The summed E-state index contributed by atoms with van der Waals surface area (Å²) < 4.78 is 15.9. The average Bonchev–Trinajstić information content (AvgIpc) is 3.28. The summed E-state index contributed by atoms with van der Waals surface area (Å²) in [5.74, 6) is 0.985. The molecule has 3 aromatic rings.